The second-order valence-corrected chi connectivity index (χ2v) is 8.73. The van der Waals surface area contributed by atoms with E-state index in [1.165, 1.54) is 24.3 Å². The zero-order valence-electron chi connectivity index (χ0n) is 20.2. The minimum atomic E-state index is -0.404. The van der Waals surface area contributed by atoms with Gasteiger partial charge in [-0.3, -0.25) is 20.2 Å². The topological polar surface area (TPSA) is 86.3 Å². The van der Waals surface area contributed by atoms with E-state index >= 15 is 0 Å². The highest BCUT2D eigenvalue weighted by atomic mass is 16.6. The van der Waals surface area contributed by atoms with Crippen LogP contribution in [0.4, 0.5) is 11.4 Å². The molecule has 6 heteroatoms. The lowest BCUT2D eigenvalue weighted by atomic mass is 10.00. The van der Waals surface area contributed by atoms with Crippen LogP contribution in [-0.4, -0.2) is 9.85 Å². The Labute approximate surface area is 218 Å². The first-order valence-electron chi connectivity index (χ1n) is 12.0. The van der Waals surface area contributed by atoms with E-state index in [0.717, 1.165) is 43.8 Å². The van der Waals surface area contributed by atoms with Gasteiger partial charge in [0.1, 0.15) is 0 Å². The number of nitrogens with zero attached hydrogens (tertiary/aromatic N) is 2. The van der Waals surface area contributed by atoms with Gasteiger partial charge in [-0.15, -0.1) is 0 Å². The van der Waals surface area contributed by atoms with Gasteiger partial charge in [0, 0.05) is 24.3 Å². The van der Waals surface area contributed by atoms with E-state index in [1.54, 1.807) is 24.3 Å². The van der Waals surface area contributed by atoms with Crippen LogP contribution in [0.25, 0.3) is 45.8 Å². The Hall–Kier alpha value is -5.36. The summed E-state index contributed by atoms with van der Waals surface area (Å²) >= 11 is 0. The van der Waals surface area contributed by atoms with Crippen LogP contribution in [0.5, 0.6) is 0 Å². The van der Waals surface area contributed by atoms with Crippen LogP contribution in [0.2, 0.25) is 0 Å². The highest BCUT2D eigenvalue weighted by Crippen LogP contribution is 2.25. The summed E-state index contributed by atoms with van der Waals surface area (Å²) in [5.41, 5.74) is 3.98. The van der Waals surface area contributed by atoms with Gasteiger partial charge in [-0.1, -0.05) is 85.0 Å². The fourth-order valence-corrected chi connectivity index (χ4v) is 4.30. The summed E-state index contributed by atoms with van der Waals surface area (Å²) in [7, 11) is 0. The third kappa shape index (κ3) is 5.39. The number of benzene rings is 4. The van der Waals surface area contributed by atoms with Crippen LogP contribution < -0.4 is 0 Å². The van der Waals surface area contributed by atoms with Crippen molar-refractivity contribution in [1.82, 2.24) is 0 Å². The minimum Gasteiger partial charge on any atom is -0.258 e. The van der Waals surface area contributed by atoms with Crippen molar-refractivity contribution >= 4 is 57.2 Å². The van der Waals surface area contributed by atoms with Crippen molar-refractivity contribution in [2.24, 2.45) is 0 Å². The zero-order chi connectivity index (χ0) is 26.5. The van der Waals surface area contributed by atoms with Crippen molar-refractivity contribution in [2.75, 3.05) is 0 Å². The first-order valence-corrected chi connectivity index (χ1v) is 12.0. The molecule has 0 aliphatic heterocycles. The normalized spacial score (nSPS) is 11.4. The quantitative estimate of drug-likeness (QED) is 0.133. The predicted molar refractivity (Wildman–Crippen MR) is 154 cm³/mol. The molecule has 5 aromatic carbocycles. The lowest BCUT2D eigenvalue weighted by Gasteiger charge is -2.05. The van der Waals surface area contributed by atoms with E-state index in [-0.39, 0.29) is 11.4 Å². The third-order valence-electron chi connectivity index (χ3n) is 6.32. The number of rotatable bonds is 6. The molecule has 6 nitrogen and oxygen atoms in total. The summed E-state index contributed by atoms with van der Waals surface area (Å²) < 4.78 is 0. The van der Waals surface area contributed by atoms with E-state index < -0.39 is 9.85 Å². The molecule has 0 aliphatic rings. The van der Waals surface area contributed by atoms with Crippen LogP contribution in [0.15, 0.2) is 109 Å². The largest absolute Gasteiger partial charge is 0.269 e. The fourth-order valence-electron chi connectivity index (χ4n) is 4.30. The van der Waals surface area contributed by atoms with Gasteiger partial charge in [0.05, 0.1) is 9.85 Å². The molecular weight excluding hydrogens is 476 g/mol. The highest BCUT2D eigenvalue weighted by molar-refractivity contribution is 5.94. The first kappa shape index (κ1) is 24.3. The highest BCUT2D eigenvalue weighted by Gasteiger charge is 2.05. The van der Waals surface area contributed by atoms with Crippen molar-refractivity contribution in [2.45, 2.75) is 0 Å². The molecule has 38 heavy (non-hydrogen) atoms. The van der Waals surface area contributed by atoms with Crippen molar-refractivity contribution in [3.8, 4) is 0 Å². The Kier molecular flexibility index (Phi) is 6.87. The Morgan fingerprint density at radius 2 is 0.737 bits per heavy atom. The van der Waals surface area contributed by atoms with Crippen molar-refractivity contribution in [3.05, 3.63) is 152 Å². The monoisotopic (exact) mass is 498 g/mol. The number of hydrogen-bond acceptors (Lipinski definition) is 4. The van der Waals surface area contributed by atoms with Crippen molar-refractivity contribution in [3.63, 3.8) is 0 Å². The van der Waals surface area contributed by atoms with Crippen LogP contribution in [0.3, 0.4) is 0 Å². The lowest BCUT2D eigenvalue weighted by molar-refractivity contribution is -0.385. The van der Waals surface area contributed by atoms with Crippen molar-refractivity contribution in [1.29, 1.82) is 0 Å². The molecule has 5 rings (SSSR count). The Morgan fingerprint density at radius 3 is 1.03 bits per heavy atom. The van der Waals surface area contributed by atoms with Crippen LogP contribution in [0, 0.1) is 20.2 Å². The number of non-ortho nitro benzene ring substituents is 2. The average Bonchev–Trinajstić information content (AvgIpc) is 2.93. The van der Waals surface area contributed by atoms with E-state index in [1.807, 2.05) is 36.4 Å². The number of hydrogen-bond donors (Lipinski definition) is 0. The maximum absolute atomic E-state index is 10.9. The molecule has 0 radical (unpaired) electrons. The van der Waals surface area contributed by atoms with Gasteiger partial charge in [-0.05, 0) is 68.1 Å². The van der Waals surface area contributed by atoms with Gasteiger partial charge in [-0.2, -0.15) is 0 Å². The molecule has 0 saturated carbocycles. The summed E-state index contributed by atoms with van der Waals surface area (Å²) in [6, 6.07) is 33.6. The third-order valence-corrected chi connectivity index (χ3v) is 6.32. The fraction of sp³-hybridized carbons (Fsp3) is 0. The van der Waals surface area contributed by atoms with Gasteiger partial charge < -0.3 is 0 Å². The second kappa shape index (κ2) is 10.7. The zero-order valence-corrected chi connectivity index (χ0v) is 20.2. The molecule has 0 atom stereocenters. The molecule has 0 amide bonds. The summed E-state index contributed by atoms with van der Waals surface area (Å²) in [6.07, 6.45) is 7.98. The molecule has 0 unspecified atom stereocenters. The van der Waals surface area contributed by atoms with Gasteiger partial charge in [0.15, 0.2) is 0 Å². The van der Waals surface area contributed by atoms with Gasteiger partial charge in [0.25, 0.3) is 11.4 Å². The van der Waals surface area contributed by atoms with Crippen LogP contribution in [-0.2, 0) is 0 Å². The van der Waals surface area contributed by atoms with Crippen LogP contribution >= 0.6 is 0 Å². The molecule has 0 heterocycles. The van der Waals surface area contributed by atoms with Gasteiger partial charge in [0.2, 0.25) is 0 Å². The van der Waals surface area contributed by atoms with E-state index in [0.29, 0.717) is 0 Å². The first-order chi connectivity index (χ1) is 18.5. The second-order valence-electron chi connectivity index (χ2n) is 8.73. The summed E-state index contributed by atoms with van der Waals surface area (Å²) in [6.45, 7) is 0. The molecular formula is C32H22N2O4. The van der Waals surface area contributed by atoms with Gasteiger partial charge >= 0.3 is 0 Å². The number of nitro benzene ring substituents is 2. The molecule has 0 aliphatic carbocycles. The SMILES string of the molecule is O=[N+]([O-])c1ccc(/C=C/c2c3cccc2ccc2cccc(cc3)c2/C=C/c2ccc([N+](=O)[O-])cc2)cc1. The van der Waals surface area contributed by atoms with Gasteiger partial charge in [-0.25, -0.2) is 0 Å². The summed E-state index contributed by atoms with van der Waals surface area (Å²) in [5, 5.41) is 26.1. The maximum atomic E-state index is 10.9. The molecule has 184 valence electrons. The molecule has 0 fully saturated rings. The molecule has 4 bridgehead atoms. The average molecular weight is 499 g/mol. The standard InChI is InChI=1S/C32H22N2O4/c35-33(36)29-17-7-23(8-18-29)11-21-31-25-3-1-4-26(31)14-16-28-6-2-5-27(15-13-25)32(28)22-12-24-9-19-30(20-10-24)34(37)38/h1-22H/b15-13?,16-14?,21-11+,22-12+. The number of nitro groups is 2. The van der Waals surface area contributed by atoms with Crippen molar-refractivity contribution < 1.29 is 9.85 Å². The van der Waals surface area contributed by atoms with E-state index in [2.05, 4.69) is 48.5 Å². The molecule has 0 aromatic heterocycles. The van der Waals surface area contributed by atoms with E-state index in [9.17, 15) is 20.2 Å². The molecule has 0 saturated heterocycles. The van der Waals surface area contributed by atoms with Crippen LogP contribution in [0.1, 0.15) is 22.3 Å². The smallest absolute Gasteiger partial charge is 0.258 e. The minimum absolute atomic E-state index is 0.0656. The summed E-state index contributed by atoms with van der Waals surface area (Å²) in [5.74, 6) is 0. The maximum Gasteiger partial charge on any atom is 0.269 e. The lowest BCUT2D eigenvalue weighted by Crippen LogP contribution is -1.86. The number of fused-ring (bicyclic) bond motifs is 4. The molecule has 0 N–H and O–H groups in total. The molecule has 0 spiro atoms. The summed E-state index contributed by atoms with van der Waals surface area (Å²) in [4.78, 5) is 21.1. The Balaban J connectivity index is 1.57. The molecule has 5 aromatic rings. The Bertz CT molecular complexity index is 1560. The predicted octanol–water partition coefficient (Wildman–Crippen LogP) is 8.71. The Morgan fingerprint density at radius 1 is 0.421 bits per heavy atom. The van der Waals surface area contributed by atoms with E-state index in [4.69, 9.17) is 0 Å².